The summed E-state index contributed by atoms with van der Waals surface area (Å²) in [6.45, 7) is 4.40. The summed E-state index contributed by atoms with van der Waals surface area (Å²) in [5, 5.41) is 0. The summed E-state index contributed by atoms with van der Waals surface area (Å²) in [5.74, 6) is 0.613. The average Bonchev–Trinajstić information content (AvgIpc) is 2.42. The molecule has 0 heterocycles. The second kappa shape index (κ2) is 9.94. The van der Waals surface area contributed by atoms with E-state index in [1.165, 1.54) is 50.5 Å². The Kier molecular flexibility index (Phi) is 8.29. The van der Waals surface area contributed by atoms with Crippen LogP contribution in [0, 0.1) is 0 Å². The summed E-state index contributed by atoms with van der Waals surface area (Å²) < 4.78 is 0. The molecule has 0 fully saturated rings. The SMILES string of the molecule is CC=CC(CCCCCCCC)c1ccccc1. The van der Waals surface area contributed by atoms with Gasteiger partial charge in [-0.3, -0.25) is 0 Å². The topological polar surface area (TPSA) is 0 Å². The van der Waals surface area contributed by atoms with E-state index in [0.29, 0.717) is 5.92 Å². The van der Waals surface area contributed by atoms with Gasteiger partial charge in [0.25, 0.3) is 0 Å². The molecular formula is C18H28. The van der Waals surface area contributed by atoms with E-state index >= 15 is 0 Å². The van der Waals surface area contributed by atoms with Crippen LogP contribution in [0.4, 0.5) is 0 Å². The van der Waals surface area contributed by atoms with Crippen molar-refractivity contribution in [1.29, 1.82) is 0 Å². The molecule has 1 aromatic rings. The fourth-order valence-corrected chi connectivity index (χ4v) is 2.45. The first-order valence-corrected chi connectivity index (χ1v) is 7.56. The van der Waals surface area contributed by atoms with Gasteiger partial charge in [-0.2, -0.15) is 0 Å². The molecule has 1 unspecified atom stereocenters. The fourth-order valence-electron chi connectivity index (χ4n) is 2.45. The number of allylic oxidation sites excluding steroid dienone is 2. The van der Waals surface area contributed by atoms with Gasteiger partial charge in [-0.05, 0) is 18.9 Å². The van der Waals surface area contributed by atoms with E-state index < -0.39 is 0 Å². The van der Waals surface area contributed by atoms with E-state index in [4.69, 9.17) is 0 Å². The van der Waals surface area contributed by atoms with Gasteiger partial charge < -0.3 is 0 Å². The van der Waals surface area contributed by atoms with Crippen molar-refractivity contribution >= 4 is 0 Å². The van der Waals surface area contributed by atoms with Gasteiger partial charge in [0, 0.05) is 5.92 Å². The molecule has 0 aliphatic heterocycles. The summed E-state index contributed by atoms with van der Waals surface area (Å²) in [4.78, 5) is 0. The zero-order valence-electron chi connectivity index (χ0n) is 12.1. The first-order valence-electron chi connectivity index (χ1n) is 7.56. The van der Waals surface area contributed by atoms with Gasteiger partial charge in [0.1, 0.15) is 0 Å². The minimum absolute atomic E-state index is 0.613. The Balaban J connectivity index is 2.31. The van der Waals surface area contributed by atoms with Crippen LogP contribution in [0.2, 0.25) is 0 Å². The maximum atomic E-state index is 2.35. The molecule has 0 heteroatoms. The highest BCUT2D eigenvalue weighted by Crippen LogP contribution is 2.24. The molecule has 0 saturated carbocycles. The Morgan fingerprint density at radius 2 is 1.61 bits per heavy atom. The third-order valence-electron chi connectivity index (χ3n) is 3.52. The van der Waals surface area contributed by atoms with Crippen LogP contribution in [0.25, 0.3) is 0 Å². The van der Waals surface area contributed by atoms with Crippen molar-refractivity contribution in [3.63, 3.8) is 0 Å². The van der Waals surface area contributed by atoms with Crippen molar-refractivity contribution in [2.45, 2.75) is 64.7 Å². The molecule has 18 heavy (non-hydrogen) atoms. The van der Waals surface area contributed by atoms with E-state index in [0.717, 1.165) is 0 Å². The Hall–Kier alpha value is -1.04. The van der Waals surface area contributed by atoms with Gasteiger partial charge in [0.05, 0.1) is 0 Å². The van der Waals surface area contributed by atoms with Crippen LogP contribution < -0.4 is 0 Å². The normalized spacial score (nSPS) is 13.0. The molecule has 1 rings (SSSR count). The maximum absolute atomic E-state index is 2.35. The van der Waals surface area contributed by atoms with Crippen LogP contribution >= 0.6 is 0 Å². The minimum atomic E-state index is 0.613. The van der Waals surface area contributed by atoms with Crippen molar-refractivity contribution in [1.82, 2.24) is 0 Å². The first-order chi connectivity index (χ1) is 8.88. The molecular weight excluding hydrogens is 216 g/mol. The Labute approximate surface area is 113 Å². The average molecular weight is 244 g/mol. The van der Waals surface area contributed by atoms with Crippen molar-refractivity contribution in [3.05, 3.63) is 48.0 Å². The lowest BCUT2D eigenvalue weighted by Gasteiger charge is -2.13. The quantitative estimate of drug-likeness (QED) is 0.364. The zero-order chi connectivity index (χ0) is 13.1. The second-order valence-corrected chi connectivity index (χ2v) is 5.10. The molecule has 0 amide bonds. The van der Waals surface area contributed by atoms with Crippen LogP contribution in [0.15, 0.2) is 42.5 Å². The number of rotatable bonds is 9. The molecule has 100 valence electrons. The number of hydrogen-bond acceptors (Lipinski definition) is 0. The van der Waals surface area contributed by atoms with Crippen LogP contribution in [-0.4, -0.2) is 0 Å². The monoisotopic (exact) mass is 244 g/mol. The predicted octanol–water partition coefficient (Wildman–Crippen LogP) is 6.10. The summed E-state index contributed by atoms with van der Waals surface area (Å²) in [5.41, 5.74) is 1.46. The summed E-state index contributed by atoms with van der Waals surface area (Å²) in [6.07, 6.45) is 14.1. The Morgan fingerprint density at radius 1 is 0.944 bits per heavy atom. The smallest absolute Gasteiger partial charge is 0.00178 e. The van der Waals surface area contributed by atoms with E-state index in [9.17, 15) is 0 Å². The minimum Gasteiger partial charge on any atom is -0.0910 e. The van der Waals surface area contributed by atoms with E-state index in [1.807, 2.05) is 0 Å². The van der Waals surface area contributed by atoms with Gasteiger partial charge >= 0.3 is 0 Å². The third kappa shape index (κ3) is 6.05. The van der Waals surface area contributed by atoms with Crippen LogP contribution in [0.1, 0.15) is 70.3 Å². The number of unbranched alkanes of at least 4 members (excludes halogenated alkanes) is 5. The van der Waals surface area contributed by atoms with Crippen molar-refractivity contribution in [2.24, 2.45) is 0 Å². The number of benzene rings is 1. The lowest BCUT2D eigenvalue weighted by atomic mass is 9.92. The molecule has 0 N–H and O–H groups in total. The highest BCUT2D eigenvalue weighted by molar-refractivity contribution is 5.23. The second-order valence-electron chi connectivity index (χ2n) is 5.10. The molecule has 0 bridgehead atoms. The fraction of sp³-hybridized carbons (Fsp3) is 0.556. The zero-order valence-corrected chi connectivity index (χ0v) is 12.1. The van der Waals surface area contributed by atoms with E-state index in [2.05, 4.69) is 56.3 Å². The van der Waals surface area contributed by atoms with Crippen molar-refractivity contribution in [2.75, 3.05) is 0 Å². The van der Waals surface area contributed by atoms with Crippen molar-refractivity contribution in [3.8, 4) is 0 Å². The predicted molar refractivity (Wildman–Crippen MR) is 82.0 cm³/mol. The van der Waals surface area contributed by atoms with Crippen molar-refractivity contribution < 1.29 is 0 Å². The van der Waals surface area contributed by atoms with Gasteiger partial charge in [0.15, 0.2) is 0 Å². The van der Waals surface area contributed by atoms with Gasteiger partial charge in [0.2, 0.25) is 0 Å². The highest BCUT2D eigenvalue weighted by atomic mass is 14.1. The first kappa shape index (κ1) is 15.0. The third-order valence-corrected chi connectivity index (χ3v) is 3.52. The molecule has 0 spiro atoms. The summed E-state index contributed by atoms with van der Waals surface area (Å²) in [7, 11) is 0. The van der Waals surface area contributed by atoms with E-state index in [1.54, 1.807) is 0 Å². The molecule has 0 saturated heterocycles. The highest BCUT2D eigenvalue weighted by Gasteiger charge is 2.06. The van der Waals surface area contributed by atoms with Gasteiger partial charge in [-0.1, -0.05) is 87.9 Å². The van der Waals surface area contributed by atoms with E-state index in [-0.39, 0.29) is 0 Å². The summed E-state index contributed by atoms with van der Waals surface area (Å²) in [6, 6.07) is 10.9. The maximum Gasteiger partial charge on any atom is 0.00178 e. The molecule has 0 radical (unpaired) electrons. The molecule has 0 aliphatic rings. The van der Waals surface area contributed by atoms with Gasteiger partial charge in [-0.25, -0.2) is 0 Å². The molecule has 0 aliphatic carbocycles. The molecule has 1 atom stereocenters. The van der Waals surface area contributed by atoms with Crippen LogP contribution in [-0.2, 0) is 0 Å². The largest absolute Gasteiger partial charge is 0.0910 e. The lowest BCUT2D eigenvalue weighted by molar-refractivity contribution is 0.572. The lowest BCUT2D eigenvalue weighted by Crippen LogP contribution is -1.95. The Morgan fingerprint density at radius 3 is 2.28 bits per heavy atom. The number of hydrogen-bond donors (Lipinski definition) is 0. The van der Waals surface area contributed by atoms with Crippen LogP contribution in [0.5, 0.6) is 0 Å². The molecule has 0 aromatic heterocycles. The van der Waals surface area contributed by atoms with Crippen LogP contribution in [0.3, 0.4) is 0 Å². The van der Waals surface area contributed by atoms with Gasteiger partial charge in [-0.15, -0.1) is 0 Å². The summed E-state index contributed by atoms with van der Waals surface area (Å²) >= 11 is 0. The standard InChI is InChI=1S/C18H28/c1-3-5-6-7-8-10-14-17(13-4-2)18-15-11-9-12-16-18/h4,9,11-13,15-17H,3,5-8,10,14H2,1-2H3. The molecule has 0 nitrogen and oxygen atoms in total. The Bertz CT molecular complexity index is 310. The molecule has 1 aromatic carbocycles.